The second-order valence-corrected chi connectivity index (χ2v) is 3.96. The van der Waals surface area contributed by atoms with E-state index in [4.69, 9.17) is 0 Å². The summed E-state index contributed by atoms with van der Waals surface area (Å²) in [4.78, 5) is 0. The van der Waals surface area contributed by atoms with Gasteiger partial charge in [-0.15, -0.1) is 0 Å². The van der Waals surface area contributed by atoms with E-state index in [9.17, 15) is 0 Å². The summed E-state index contributed by atoms with van der Waals surface area (Å²) in [5, 5.41) is 0. The second-order valence-electron chi connectivity index (χ2n) is 3.96. The van der Waals surface area contributed by atoms with Crippen LogP contribution in [0.3, 0.4) is 0 Å². The van der Waals surface area contributed by atoms with Crippen molar-refractivity contribution in [1.29, 1.82) is 0 Å². The van der Waals surface area contributed by atoms with Gasteiger partial charge in [-0.25, -0.2) is 0 Å². The van der Waals surface area contributed by atoms with Gasteiger partial charge < -0.3 is 0 Å². The quantitative estimate of drug-likeness (QED) is 0.523. The van der Waals surface area contributed by atoms with E-state index in [1.165, 1.54) is 25.7 Å². The summed E-state index contributed by atoms with van der Waals surface area (Å²) in [6, 6.07) is 0. The van der Waals surface area contributed by atoms with Crippen molar-refractivity contribution >= 4 is 0 Å². The molecule has 0 saturated heterocycles. The Bertz CT molecular complexity index is 86.2. The molecule has 0 nitrogen and oxygen atoms in total. The first-order valence-corrected chi connectivity index (χ1v) is 4.75. The van der Waals surface area contributed by atoms with Crippen molar-refractivity contribution in [2.75, 3.05) is 0 Å². The summed E-state index contributed by atoms with van der Waals surface area (Å²) in [5.74, 6) is 3.01. The molecule has 0 aromatic heterocycles. The molecule has 0 bridgehead atoms. The third kappa shape index (κ3) is 1.53. The van der Waals surface area contributed by atoms with Crippen molar-refractivity contribution in [3.8, 4) is 0 Å². The van der Waals surface area contributed by atoms with E-state index in [1.807, 2.05) is 0 Å². The van der Waals surface area contributed by atoms with Gasteiger partial charge in [0.25, 0.3) is 0 Å². The highest BCUT2D eigenvalue weighted by atomic mass is 14.3. The Labute approximate surface area is 65.0 Å². The lowest BCUT2D eigenvalue weighted by atomic mass is 9.72. The second kappa shape index (κ2) is 3.41. The smallest absolute Gasteiger partial charge is 0.0365 e. The first-order valence-electron chi connectivity index (χ1n) is 4.75. The van der Waals surface area contributed by atoms with E-state index >= 15 is 0 Å². The molecule has 1 aliphatic carbocycles. The molecule has 0 N–H and O–H groups in total. The predicted octanol–water partition coefficient (Wildman–Crippen LogP) is 3.47. The third-order valence-electron chi connectivity index (χ3n) is 3.25. The van der Waals surface area contributed by atoms with Crippen molar-refractivity contribution in [2.45, 2.75) is 46.5 Å². The Morgan fingerprint density at radius 2 is 1.60 bits per heavy atom. The molecule has 1 saturated carbocycles. The maximum absolute atomic E-state index is 2.42. The van der Waals surface area contributed by atoms with E-state index in [0.29, 0.717) is 0 Å². The molecule has 0 aliphatic heterocycles. The SMILES string of the molecule is CCC1C(C)CCC[C@H]1C. The molecule has 0 aromatic rings. The number of rotatable bonds is 1. The van der Waals surface area contributed by atoms with Gasteiger partial charge in [-0.1, -0.05) is 46.5 Å². The number of hydrogen-bond acceptors (Lipinski definition) is 0. The van der Waals surface area contributed by atoms with E-state index in [-0.39, 0.29) is 0 Å². The molecule has 0 aromatic carbocycles. The molecular formula is C10H20. The molecule has 1 aliphatic rings. The van der Waals surface area contributed by atoms with Crippen LogP contribution < -0.4 is 0 Å². The molecule has 0 heterocycles. The van der Waals surface area contributed by atoms with Gasteiger partial charge in [0.15, 0.2) is 0 Å². The lowest BCUT2D eigenvalue weighted by Gasteiger charge is -2.33. The van der Waals surface area contributed by atoms with Gasteiger partial charge in [0.05, 0.1) is 0 Å². The Morgan fingerprint density at radius 3 is 1.90 bits per heavy atom. The average molecular weight is 140 g/mol. The summed E-state index contributed by atoms with van der Waals surface area (Å²) in [6.07, 6.45) is 5.81. The molecule has 0 spiro atoms. The molecule has 10 heavy (non-hydrogen) atoms. The zero-order valence-corrected chi connectivity index (χ0v) is 7.56. The van der Waals surface area contributed by atoms with Gasteiger partial charge in [0.2, 0.25) is 0 Å². The minimum atomic E-state index is 0.994. The summed E-state index contributed by atoms with van der Waals surface area (Å²) < 4.78 is 0. The van der Waals surface area contributed by atoms with Crippen LogP contribution in [-0.4, -0.2) is 0 Å². The van der Waals surface area contributed by atoms with Gasteiger partial charge in [0.1, 0.15) is 0 Å². The van der Waals surface area contributed by atoms with Gasteiger partial charge in [-0.2, -0.15) is 0 Å². The molecule has 1 rings (SSSR count). The minimum absolute atomic E-state index is 0.994. The molecule has 3 atom stereocenters. The highest BCUT2D eigenvalue weighted by molar-refractivity contribution is 4.76. The van der Waals surface area contributed by atoms with Crippen LogP contribution in [0.2, 0.25) is 0 Å². The molecule has 0 radical (unpaired) electrons. The fraction of sp³-hybridized carbons (Fsp3) is 1.00. The fourth-order valence-electron chi connectivity index (χ4n) is 2.56. The van der Waals surface area contributed by atoms with Crippen molar-refractivity contribution in [1.82, 2.24) is 0 Å². The molecule has 1 fully saturated rings. The average Bonchev–Trinajstić information content (AvgIpc) is 1.88. The van der Waals surface area contributed by atoms with Crippen LogP contribution >= 0.6 is 0 Å². The van der Waals surface area contributed by atoms with Crippen LogP contribution in [0.25, 0.3) is 0 Å². The maximum Gasteiger partial charge on any atom is -0.0365 e. The van der Waals surface area contributed by atoms with Crippen LogP contribution in [0.1, 0.15) is 46.5 Å². The van der Waals surface area contributed by atoms with Crippen molar-refractivity contribution in [2.24, 2.45) is 17.8 Å². The van der Waals surface area contributed by atoms with Crippen LogP contribution in [0, 0.1) is 17.8 Å². The Kier molecular flexibility index (Phi) is 2.76. The summed E-state index contributed by atoms with van der Waals surface area (Å²) in [5.41, 5.74) is 0. The van der Waals surface area contributed by atoms with Crippen LogP contribution in [0.4, 0.5) is 0 Å². The van der Waals surface area contributed by atoms with Crippen molar-refractivity contribution < 1.29 is 0 Å². The highest BCUT2D eigenvalue weighted by Crippen LogP contribution is 2.35. The monoisotopic (exact) mass is 140 g/mol. The standard InChI is InChI=1S/C10H20/c1-4-10-8(2)6-5-7-9(10)3/h8-10H,4-7H2,1-3H3/t8-,9?,10?/m1/s1. The third-order valence-corrected chi connectivity index (χ3v) is 3.25. The molecular weight excluding hydrogens is 120 g/mol. The molecule has 0 heteroatoms. The molecule has 60 valence electrons. The first kappa shape index (κ1) is 8.10. The topological polar surface area (TPSA) is 0 Å². The van der Waals surface area contributed by atoms with Gasteiger partial charge in [-0.05, 0) is 17.8 Å². The lowest BCUT2D eigenvalue weighted by Crippen LogP contribution is -2.23. The molecule has 2 unspecified atom stereocenters. The van der Waals surface area contributed by atoms with E-state index < -0.39 is 0 Å². The minimum Gasteiger partial charge on any atom is -0.0651 e. The van der Waals surface area contributed by atoms with Gasteiger partial charge >= 0.3 is 0 Å². The fourth-order valence-corrected chi connectivity index (χ4v) is 2.56. The summed E-state index contributed by atoms with van der Waals surface area (Å²) in [7, 11) is 0. The highest BCUT2D eigenvalue weighted by Gasteiger charge is 2.25. The van der Waals surface area contributed by atoms with Crippen molar-refractivity contribution in [3.05, 3.63) is 0 Å². The van der Waals surface area contributed by atoms with E-state index in [2.05, 4.69) is 20.8 Å². The normalized spacial score (nSPS) is 41.7. The van der Waals surface area contributed by atoms with Crippen molar-refractivity contribution in [3.63, 3.8) is 0 Å². The summed E-state index contributed by atoms with van der Waals surface area (Å²) >= 11 is 0. The van der Waals surface area contributed by atoms with Crippen LogP contribution in [-0.2, 0) is 0 Å². The van der Waals surface area contributed by atoms with Crippen LogP contribution in [0.15, 0.2) is 0 Å². The largest absolute Gasteiger partial charge is 0.0651 e. The first-order chi connectivity index (χ1) is 4.75. The predicted molar refractivity (Wildman–Crippen MR) is 46.0 cm³/mol. The lowest BCUT2D eigenvalue weighted by molar-refractivity contribution is 0.174. The van der Waals surface area contributed by atoms with E-state index in [0.717, 1.165) is 17.8 Å². The van der Waals surface area contributed by atoms with Crippen LogP contribution in [0.5, 0.6) is 0 Å². The number of hydrogen-bond donors (Lipinski definition) is 0. The maximum atomic E-state index is 2.42. The zero-order chi connectivity index (χ0) is 7.56. The van der Waals surface area contributed by atoms with Gasteiger partial charge in [-0.3, -0.25) is 0 Å². The Hall–Kier alpha value is 0. The molecule has 0 amide bonds. The van der Waals surface area contributed by atoms with E-state index in [1.54, 1.807) is 0 Å². The Balaban J connectivity index is 2.45. The Morgan fingerprint density at radius 1 is 1.10 bits per heavy atom. The summed E-state index contributed by atoms with van der Waals surface area (Å²) in [6.45, 7) is 7.18. The zero-order valence-electron chi connectivity index (χ0n) is 7.56. The van der Waals surface area contributed by atoms with Gasteiger partial charge in [0, 0.05) is 0 Å².